The number of nitrogens with one attached hydrogen (secondary N) is 1. The van der Waals surface area contributed by atoms with Crippen LogP contribution in [0.3, 0.4) is 0 Å². The quantitative estimate of drug-likeness (QED) is 0.721. The third-order valence-electron chi connectivity index (χ3n) is 1.88. The molecule has 0 aliphatic carbocycles. The highest BCUT2D eigenvalue weighted by Gasteiger charge is 1.91. The molecule has 0 atom stereocenters. The van der Waals surface area contributed by atoms with Crippen LogP contribution in [-0.2, 0) is 0 Å². The standard InChI is InChI=1S/C12H10.CH4ClN/c1-3-7-11(8-4-1)12-9-5-2-6-10-12;1-3-2/h1-10H;3H,1H3. The molecule has 1 nitrogen and oxygen atoms in total. The maximum atomic E-state index is 4.75. The van der Waals surface area contributed by atoms with E-state index in [1.165, 1.54) is 11.1 Å². The Bertz CT molecular complexity index is 321. The largest absolute Gasteiger partial charge is 0.237 e. The normalized spacial score (nSPS) is 8.93. The zero-order chi connectivity index (χ0) is 10.9. The fraction of sp³-hybridized carbons (Fsp3) is 0.0769. The van der Waals surface area contributed by atoms with Crippen LogP contribution in [0.15, 0.2) is 60.7 Å². The SMILES string of the molecule is CNCl.c1ccc(-c2ccccc2)cc1. The van der Waals surface area contributed by atoms with Crippen LogP contribution in [0.5, 0.6) is 0 Å². The zero-order valence-corrected chi connectivity index (χ0v) is 9.41. The average Bonchev–Trinajstić information content (AvgIpc) is 2.32. The van der Waals surface area contributed by atoms with Crippen LogP contribution < -0.4 is 4.84 Å². The van der Waals surface area contributed by atoms with Crippen LogP contribution in [0.25, 0.3) is 11.1 Å². The van der Waals surface area contributed by atoms with E-state index in [2.05, 4.69) is 53.4 Å². The molecule has 0 fully saturated rings. The van der Waals surface area contributed by atoms with Gasteiger partial charge in [-0.25, -0.2) is 4.84 Å². The Hall–Kier alpha value is -1.31. The van der Waals surface area contributed by atoms with Crippen molar-refractivity contribution in [1.82, 2.24) is 4.84 Å². The first-order valence-electron chi connectivity index (χ1n) is 4.76. The van der Waals surface area contributed by atoms with E-state index < -0.39 is 0 Å². The highest BCUT2D eigenvalue weighted by atomic mass is 35.5. The first-order chi connectivity index (χ1) is 7.38. The van der Waals surface area contributed by atoms with Gasteiger partial charge < -0.3 is 0 Å². The summed E-state index contributed by atoms with van der Waals surface area (Å²) in [6, 6.07) is 20.8. The molecule has 1 N–H and O–H groups in total. The molecule has 0 amide bonds. The van der Waals surface area contributed by atoms with Gasteiger partial charge in [-0.3, -0.25) is 0 Å². The summed E-state index contributed by atoms with van der Waals surface area (Å²) in [7, 11) is 1.64. The van der Waals surface area contributed by atoms with Crippen molar-refractivity contribution < 1.29 is 0 Å². The number of hydrogen-bond acceptors (Lipinski definition) is 1. The Morgan fingerprint density at radius 1 is 0.733 bits per heavy atom. The van der Waals surface area contributed by atoms with Gasteiger partial charge in [-0.2, -0.15) is 0 Å². The third kappa shape index (κ3) is 4.15. The van der Waals surface area contributed by atoms with Crippen LogP contribution in [-0.4, -0.2) is 7.05 Å². The van der Waals surface area contributed by atoms with Gasteiger partial charge >= 0.3 is 0 Å². The van der Waals surface area contributed by atoms with Gasteiger partial charge in [0.1, 0.15) is 0 Å². The molecular formula is C13H14ClN. The third-order valence-corrected chi connectivity index (χ3v) is 1.88. The Balaban J connectivity index is 0.000000337. The summed E-state index contributed by atoms with van der Waals surface area (Å²) in [6.45, 7) is 0. The van der Waals surface area contributed by atoms with E-state index in [9.17, 15) is 0 Å². The summed E-state index contributed by atoms with van der Waals surface area (Å²) in [5.41, 5.74) is 2.55. The molecule has 15 heavy (non-hydrogen) atoms. The van der Waals surface area contributed by atoms with E-state index in [0.29, 0.717) is 0 Å². The van der Waals surface area contributed by atoms with Crippen LogP contribution >= 0.6 is 11.8 Å². The summed E-state index contributed by atoms with van der Waals surface area (Å²) in [5, 5.41) is 0. The van der Waals surface area contributed by atoms with Crippen LogP contribution in [0.1, 0.15) is 0 Å². The van der Waals surface area contributed by atoms with Crippen molar-refractivity contribution in [2.45, 2.75) is 0 Å². The van der Waals surface area contributed by atoms with Gasteiger partial charge in [0.15, 0.2) is 0 Å². The monoisotopic (exact) mass is 219 g/mol. The predicted molar refractivity (Wildman–Crippen MR) is 66.8 cm³/mol. The Morgan fingerprint density at radius 2 is 1.00 bits per heavy atom. The minimum Gasteiger partial charge on any atom is -0.237 e. The summed E-state index contributed by atoms with van der Waals surface area (Å²) >= 11 is 4.75. The fourth-order valence-electron chi connectivity index (χ4n) is 1.26. The highest BCUT2D eigenvalue weighted by Crippen LogP contribution is 2.17. The lowest BCUT2D eigenvalue weighted by Gasteiger charge is -1.98. The lowest BCUT2D eigenvalue weighted by molar-refractivity contribution is 1.28. The second-order valence-electron chi connectivity index (χ2n) is 2.92. The molecule has 0 bridgehead atoms. The molecule has 0 heterocycles. The minimum absolute atomic E-state index is 1.28. The summed E-state index contributed by atoms with van der Waals surface area (Å²) in [6.07, 6.45) is 0. The molecule has 0 aromatic heterocycles. The highest BCUT2D eigenvalue weighted by molar-refractivity contribution is 6.13. The van der Waals surface area contributed by atoms with E-state index in [4.69, 9.17) is 11.8 Å². The fourth-order valence-corrected chi connectivity index (χ4v) is 1.26. The van der Waals surface area contributed by atoms with Gasteiger partial charge in [-0.05, 0) is 30.0 Å². The molecule has 2 aromatic carbocycles. The molecule has 0 saturated carbocycles. The number of benzene rings is 2. The van der Waals surface area contributed by atoms with Crippen molar-refractivity contribution in [2.75, 3.05) is 7.05 Å². The summed E-state index contributed by atoms with van der Waals surface area (Å²) in [4.78, 5) is 2.22. The number of hydrogen-bond donors (Lipinski definition) is 1. The lowest BCUT2D eigenvalue weighted by Crippen LogP contribution is -1.76. The average molecular weight is 220 g/mol. The summed E-state index contributed by atoms with van der Waals surface area (Å²) < 4.78 is 0. The molecule has 78 valence electrons. The zero-order valence-electron chi connectivity index (χ0n) is 8.65. The van der Waals surface area contributed by atoms with Crippen molar-refractivity contribution in [2.24, 2.45) is 0 Å². The van der Waals surface area contributed by atoms with Gasteiger partial charge in [0.2, 0.25) is 0 Å². The Kier molecular flexibility index (Phi) is 5.52. The first kappa shape index (κ1) is 11.8. The summed E-state index contributed by atoms with van der Waals surface area (Å²) in [5.74, 6) is 0. The molecule has 2 aromatic rings. The Labute approximate surface area is 95.8 Å². The molecule has 0 aliphatic heterocycles. The van der Waals surface area contributed by atoms with E-state index in [1.807, 2.05) is 12.1 Å². The van der Waals surface area contributed by atoms with Gasteiger partial charge in [0.05, 0.1) is 0 Å². The Morgan fingerprint density at radius 3 is 1.27 bits per heavy atom. The lowest BCUT2D eigenvalue weighted by atomic mass is 10.1. The van der Waals surface area contributed by atoms with Gasteiger partial charge in [0, 0.05) is 0 Å². The van der Waals surface area contributed by atoms with Crippen molar-refractivity contribution in [1.29, 1.82) is 0 Å². The van der Waals surface area contributed by atoms with Crippen LogP contribution in [0, 0.1) is 0 Å². The van der Waals surface area contributed by atoms with E-state index in [-0.39, 0.29) is 0 Å². The number of rotatable bonds is 1. The maximum absolute atomic E-state index is 4.75. The van der Waals surface area contributed by atoms with Gasteiger partial charge in [0.25, 0.3) is 0 Å². The minimum atomic E-state index is 1.28. The molecule has 0 unspecified atom stereocenters. The molecule has 0 spiro atoms. The van der Waals surface area contributed by atoms with Gasteiger partial charge in [-0.1, -0.05) is 60.7 Å². The molecule has 2 rings (SSSR count). The van der Waals surface area contributed by atoms with Crippen molar-refractivity contribution in [3.8, 4) is 11.1 Å². The predicted octanol–water partition coefficient (Wildman–Crippen LogP) is 3.71. The smallest absolute Gasteiger partial charge is 0.000695 e. The number of halogens is 1. The molecule has 2 heteroatoms. The molecule has 0 saturated heterocycles. The molecule has 0 aliphatic rings. The second kappa shape index (κ2) is 7.04. The van der Waals surface area contributed by atoms with Gasteiger partial charge in [-0.15, -0.1) is 0 Å². The molecular weight excluding hydrogens is 206 g/mol. The van der Waals surface area contributed by atoms with E-state index in [0.717, 1.165) is 0 Å². The van der Waals surface area contributed by atoms with Crippen molar-refractivity contribution in [3.63, 3.8) is 0 Å². The van der Waals surface area contributed by atoms with Crippen LogP contribution in [0.4, 0.5) is 0 Å². The van der Waals surface area contributed by atoms with Crippen LogP contribution in [0.2, 0.25) is 0 Å². The molecule has 0 radical (unpaired) electrons. The van der Waals surface area contributed by atoms with E-state index in [1.54, 1.807) is 7.05 Å². The first-order valence-corrected chi connectivity index (χ1v) is 5.14. The van der Waals surface area contributed by atoms with Crippen molar-refractivity contribution in [3.05, 3.63) is 60.7 Å². The maximum Gasteiger partial charge on any atom is -0.000695 e. The van der Waals surface area contributed by atoms with Crippen molar-refractivity contribution >= 4 is 11.8 Å². The second-order valence-corrected chi connectivity index (χ2v) is 3.30. The topological polar surface area (TPSA) is 12.0 Å². The van der Waals surface area contributed by atoms with E-state index >= 15 is 0 Å².